The molecule has 0 atom stereocenters. The van der Waals surface area contributed by atoms with Crippen molar-refractivity contribution in [3.05, 3.63) is 53.6 Å². The molecule has 0 aliphatic carbocycles. The number of benzene rings is 2. The van der Waals surface area contributed by atoms with Crippen LogP contribution < -0.4 is 10.1 Å². The minimum atomic E-state index is -4.71. The second kappa shape index (κ2) is 5.75. The van der Waals surface area contributed by atoms with Crippen molar-refractivity contribution >= 4 is 11.4 Å². The molecule has 0 fully saturated rings. The van der Waals surface area contributed by atoms with Crippen LogP contribution in [0.1, 0.15) is 11.1 Å². The van der Waals surface area contributed by atoms with E-state index in [0.29, 0.717) is 16.9 Å². The number of rotatable bonds is 3. The number of hydrogen-bond acceptors (Lipinski definition) is 3. The van der Waals surface area contributed by atoms with Crippen LogP contribution in [0.2, 0.25) is 0 Å². The number of aryl methyl sites for hydroxylation is 1. The summed E-state index contributed by atoms with van der Waals surface area (Å²) in [5.41, 5.74) is 2.56. The van der Waals surface area contributed by atoms with E-state index in [4.69, 9.17) is 5.26 Å². The third-order valence-corrected chi connectivity index (χ3v) is 2.66. The van der Waals surface area contributed by atoms with Crippen LogP contribution in [0.3, 0.4) is 0 Å². The Morgan fingerprint density at radius 3 is 2.33 bits per heavy atom. The number of halogens is 3. The fourth-order valence-electron chi connectivity index (χ4n) is 1.76. The van der Waals surface area contributed by atoms with Crippen molar-refractivity contribution in [2.45, 2.75) is 13.3 Å². The minimum Gasteiger partial charge on any atom is -0.406 e. The van der Waals surface area contributed by atoms with Crippen LogP contribution in [0.15, 0.2) is 42.5 Å². The molecule has 0 radical (unpaired) electrons. The zero-order valence-corrected chi connectivity index (χ0v) is 11.0. The Morgan fingerprint density at radius 1 is 1.10 bits per heavy atom. The first kappa shape index (κ1) is 14.7. The van der Waals surface area contributed by atoms with E-state index < -0.39 is 6.36 Å². The maximum absolute atomic E-state index is 12.1. The number of alkyl halides is 3. The third-order valence-electron chi connectivity index (χ3n) is 2.66. The van der Waals surface area contributed by atoms with Crippen molar-refractivity contribution in [3.63, 3.8) is 0 Å². The molecule has 108 valence electrons. The molecule has 21 heavy (non-hydrogen) atoms. The standard InChI is InChI=1S/C15H11F3N2O/c1-10-2-7-14(11(8-10)9-19)20-12-3-5-13(6-4-12)21-15(16,17)18/h2-8,20H,1H3. The highest BCUT2D eigenvalue weighted by Gasteiger charge is 2.30. The quantitative estimate of drug-likeness (QED) is 0.905. The van der Waals surface area contributed by atoms with Gasteiger partial charge in [0.15, 0.2) is 0 Å². The molecule has 2 rings (SSSR count). The number of hydrogen-bond donors (Lipinski definition) is 1. The number of nitriles is 1. The Hall–Kier alpha value is -2.68. The van der Waals surface area contributed by atoms with Gasteiger partial charge in [-0.3, -0.25) is 0 Å². The molecule has 0 aliphatic rings. The highest BCUT2D eigenvalue weighted by molar-refractivity contribution is 5.67. The van der Waals surface area contributed by atoms with E-state index in [1.54, 1.807) is 12.1 Å². The van der Waals surface area contributed by atoms with Gasteiger partial charge in [-0.25, -0.2) is 0 Å². The van der Waals surface area contributed by atoms with Crippen molar-refractivity contribution in [1.82, 2.24) is 0 Å². The molecular formula is C15H11F3N2O. The monoisotopic (exact) mass is 292 g/mol. The molecule has 0 bridgehead atoms. The molecule has 6 heteroatoms. The maximum atomic E-state index is 12.1. The predicted molar refractivity (Wildman–Crippen MR) is 72.3 cm³/mol. The van der Waals surface area contributed by atoms with Gasteiger partial charge < -0.3 is 10.1 Å². The lowest BCUT2D eigenvalue weighted by atomic mass is 10.1. The van der Waals surface area contributed by atoms with Gasteiger partial charge >= 0.3 is 6.36 Å². The van der Waals surface area contributed by atoms with E-state index in [0.717, 1.165) is 5.56 Å². The topological polar surface area (TPSA) is 45.0 Å². The summed E-state index contributed by atoms with van der Waals surface area (Å²) in [7, 11) is 0. The predicted octanol–water partition coefficient (Wildman–Crippen LogP) is 4.51. The maximum Gasteiger partial charge on any atom is 0.573 e. The first-order valence-corrected chi connectivity index (χ1v) is 6.01. The fourth-order valence-corrected chi connectivity index (χ4v) is 1.76. The molecule has 0 aromatic heterocycles. The third kappa shape index (κ3) is 4.14. The van der Waals surface area contributed by atoms with E-state index in [-0.39, 0.29) is 5.75 Å². The summed E-state index contributed by atoms with van der Waals surface area (Å²) < 4.78 is 39.9. The molecule has 1 N–H and O–H groups in total. The summed E-state index contributed by atoms with van der Waals surface area (Å²) in [6, 6.07) is 12.7. The second-order valence-corrected chi connectivity index (χ2v) is 4.36. The second-order valence-electron chi connectivity index (χ2n) is 4.36. The van der Waals surface area contributed by atoms with Crippen molar-refractivity contribution in [2.75, 3.05) is 5.32 Å². The lowest BCUT2D eigenvalue weighted by Crippen LogP contribution is -2.16. The fraction of sp³-hybridized carbons (Fsp3) is 0.133. The Balaban J connectivity index is 2.16. The average Bonchev–Trinajstić information content (AvgIpc) is 2.41. The SMILES string of the molecule is Cc1ccc(Nc2ccc(OC(F)(F)F)cc2)c(C#N)c1. The van der Waals surface area contributed by atoms with Gasteiger partial charge in [-0.1, -0.05) is 6.07 Å². The van der Waals surface area contributed by atoms with Crippen LogP contribution in [0.4, 0.5) is 24.5 Å². The zero-order valence-electron chi connectivity index (χ0n) is 11.0. The molecule has 0 saturated carbocycles. The van der Waals surface area contributed by atoms with Gasteiger partial charge in [-0.15, -0.1) is 13.2 Å². The summed E-state index contributed by atoms with van der Waals surface area (Å²) in [4.78, 5) is 0. The lowest BCUT2D eigenvalue weighted by Gasteiger charge is -2.11. The largest absolute Gasteiger partial charge is 0.573 e. The van der Waals surface area contributed by atoms with Gasteiger partial charge in [0, 0.05) is 5.69 Å². The van der Waals surface area contributed by atoms with E-state index in [2.05, 4.69) is 16.1 Å². The summed E-state index contributed by atoms with van der Waals surface area (Å²) in [6.45, 7) is 1.87. The van der Waals surface area contributed by atoms with Crippen LogP contribution >= 0.6 is 0 Å². The van der Waals surface area contributed by atoms with Crippen LogP contribution in [0.5, 0.6) is 5.75 Å². The average molecular weight is 292 g/mol. The minimum absolute atomic E-state index is 0.294. The van der Waals surface area contributed by atoms with Gasteiger partial charge in [-0.05, 0) is 48.9 Å². The van der Waals surface area contributed by atoms with Crippen molar-refractivity contribution in [2.24, 2.45) is 0 Å². The Labute approximate surface area is 119 Å². The van der Waals surface area contributed by atoms with Gasteiger partial charge in [0.2, 0.25) is 0 Å². The van der Waals surface area contributed by atoms with Gasteiger partial charge in [0.05, 0.1) is 11.3 Å². The summed E-state index contributed by atoms with van der Waals surface area (Å²) in [6.07, 6.45) is -4.71. The summed E-state index contributed by atoms with van der Waals surface area (Å²) in [5.74, 6) is -0.294. The van der Waals surface area contributed by atoms with Crippen molar-refractivity contribution < 1.29 is 17.9 Å². The smallest absolute Gasteiger partial charge is 0.406 e. The van der Waals surface area contributed by atoms with Crippen molar-refractivity contribution in [1.29, 1.82) is 5.26 Å². The Kier molecular flexibility index (Phi) is 4.03. The Morgan fingerprint density at radius 2 is 1.76 bits per heavy atom. The van der Waals surface area contributed by atoms with Gasteiger partial charge in [0.25, 0.3) is 0 Å². The van der Waals surface area contributed by atoms with E-state index in [1.807, 2.05) is 13.0 Å². The summed E-state index contributed by atoms with van der Waals surface area (Å²) in [5, 5.41) is 12.0. The first-order valence-electron chi connectivity index (χ1n) is 6.01. The van der Waals surface area contributed by atoms with Crippen molar-refractivity contribution in [3.8, 4) is 11.8 Å². The Bertz CT molecular complexity index is 673. The number of anilines is 2. The molecule has 2 aromatic rings. The molecule has 0 aliphatic heterocycles. The van der Waals surface area contributed by atoms with Gasteiger partial charge in [0.1, 0.15) is 11.8 Å². The molecule has 0 spiro atoms. The molecule has 0 amide bonds. The highest BCUT2D eigenvalue weighted by atomic mass is 19.4. The van der Waals surface area contributed by atoms with Crippen LogP contribution in [-0.2, 0) is 0 Å². The molecule has 2 aromatic carbocycles. The lowest BCUT2D eigenvalue weighted by molar-refractivity contribution is -0.274. The molecule has 3 nitrogen and oxygen atoms in total. The number of nitrogens with one attached hydrogen (secondary N) is 1. The van der Waals surface area contributed by atoms with Gasteiger partial charge in [-0.2, -0.15) is 5.26 Å². The highest BCUT2D eigenvalue weighted by Crippen LogP contribution is 2.26. The van der Waals surface area contributed by atoms with Crippen LogP contribution in [0, 0.1) is 18.3 Å². The molecule has 0 unspecified atom stereocenters. The normalized spacial score (nSPS) is 10.8. The first-order chi connectivity index (χ1) is 9.87. The molecule has 0 heterocycles. The summed E-state index contributed by atoms with van der Waals surface area (Å²) >= 11 is 0. The zero-order chi connectivity index (χ0) is 15.5. The van der Waals surface area contributed by atoms with Crippen LogP contribution in [0.25, 0.3) is 0 Å². The van der Waals surface area contributed by atoms with E-state index >= 15 is 0 Å². The van der Waals surface area contributed by atoms with Crippen LogP contribution in [-0.4, -0.2) is 6.36 Å². The number of nitrogens with zero attached hydrogens (tertiary/aromatic N) is 1. The van der Waals surface area contributed by atoms with E-state index in [1.165, 1.54) is 24.3 Å². The number of ether oxygens (including phenoxy) is 1. The molecule has 0 saturated heterocycles. The molecular weight excluding hydrogens is 281 g/mol. The van der Waals surface area contributed by atoms with E-state index in [9.17, 15) is 13.2 Å².